The Kier molecular flexibility index (Phi) is 3.91. The SMILES string of the molecule is Cc1cc(C(O)Cc2ccnc3ccccc23)ccc1Cl. The summed E-state index contributed by atoms with van der Waals surface area (Å²) in [7, 11) is 0. The van der Waals surface area contributed by atoms with Gasteiger partial charge in [0.2, 0.25) is 0 Å². The Balaban J connectivity index is 1.92. The molecule has 3 heteroatoms. The summed E-state index contributed by atoms with van der Waals surface area (Å²) >= 11 is 6.03. The highest BCUT2D eigenvalue weighted by atomic mass is 35.5. The van der Waals surface area contributed by atoms with E-state index in [1.54, 1.807) is 6.20 Å². The van der Waals surface area contributed by atoms with Crippen LogP contribution in [0.15, 0.2) is 54.7 Å². The zero-order chi connectivity index (χ0) is 14.8. The van der Waals surface area contributed by atoms with Gasteiger partial charge >= 0.3 is 0 Å². The zero-order valence-electron chi connectivity index (χ0n) is 11.8. The molecule has 0 fully saturated rings. The minimum atomic E-state index is -0.549. The van der Waals surface area contributed by atoms with Gasteiger partial charge in [-0.05, 0) is 41.8 Å². The maximum absolute atomic E-state index is 10.5. The number of aliphatic hydroxyl groups excluding tert-OH is 1. The smallest absolute Gasteiger partial charge is 0.0830 e. The molecule has 1 unspecified atom stereocenters. The van der Waals surface area contributed by atoms with Crippen LogP contribution in [0.25, 0.3) is 10.9 Å². The minimum Gasteiger partial charge on any atom is -0.388 e. The summed E-state index contributed by atoms with van der Waals surface area (Å²) in [5.41, 5.74) is 3.92. The number of hydrogen-bond acceptors (Lipinski definition) is 2. The Morgan fingerprint density at radius 3 is 2.76 bits per heavy atom. The van der Waals surface area contributed by atoms with Gasteiger partial charge < -0.3 is 5.11 Å². The first-order valence-electron chi connectivity index (χ1n) is 6.92. The molecule has 0 saturated carbocycles. The standard InChI is InChI=1S/C18H16ClNO/c1-12-10-14(6-7-16(12)19)18(21)11-13-8-9-20-17-5-3-2-4-15(13)17/h2-10,18,21H,11H2,1H3. The van der Waals surface area contributed by atoms with Gasteiger partial charge in [0.15, 0.2) is 0 Å². The lowest BCUT2D eigenvalue weighted by Gasteiger charge is -2.14. The van der Waals surface area contributed by atoms with Crippen LogP contribution in [0.2, 0.25) is 5.02 Å². The van der Waals surface area contributed by atoms with E-state index < -0.39 is 6.10 Å². The lowest BCUT2D eigenvalue weighted by molar-refractivity contribution is 0.179. The molecule has 1 heterocycles. The second-order valence-electron chi connectivity index (χ2n) is 5.22. The van der Waals surface area contributed by atoms with Gasteiger partial charge in [0.25, 0.3) is 0 Å². The maximum atomic E-state index is 10.5. The third-order valence-electron chi connectivity index (χ3n) is 3.72. The molecule has 2 aromatic carbocycles. The van der Waals surface area contributed by atoms with Crippen LogP contribution in [0.4, 0.5) is 0 Å². The summed E-state index contributed by atoms with van der Waals surface area (Å²) in [6, 6.07) is 15.6. The topological polar surface area (TPSA) is 33.1 Å². The number of benzene rings is 2. The average molecular weight is 298 g/mol. The van der Waals surface area contributed by atoms with Crippen LogP contribution in [-0.4, -0.2) is 10.1 Å². The highest BCUT2D eigenvalue weighted by molar-refractivity contribution is 6.31. The summed E-state index contributed by atoms with van der Waals surface area (Å²) in [6.45, 7) is 1.94. The first-order chi connectivity index (χ1) is 10.1. The van der Waals surface area contributed by atoms with Gasteiger partial charge in [0.1, 0.15) is 0 Å². The third kappa shape index (κ3) is 2.92. The van der Waals surface area contributed by atoms with Crippen LogP contribution in [-0.2, 0) is 6.42 Å². The molecule has 0 aliphatic rings. The van der Waals surface area contributed by atoms with E-state index in [0.29, 0.717) is 6.42 Å². The Bertz CT molecular complexity index is 780. The molecule has 0 bridgehead atoms. The first kappa shape index (κ1) is 14.1. The fourth-order valence-electron chi connectivity index (χ4n) is 2.53. The number of pyridine rings is 1. The van der Waals surface area contributed by atoms with E-state index in [1.165, 1.54) is 0 Å². The second-order valence-corrected chi connectivity index (χ2v) is 5.62. The van der Waals surface area contributed by atoms with E-state index in [9.17, 15) is 5.11 Å². The summed E-state index contributed by atoms with van der Waals surface area (Å²) < 4.78 is 0. The Labute approximate surface area is 129 Å². The highest BCUT2D eigenvalue weighted by Gasteiger charge is 2.12. The molecular formula is C18H16ClNO. The number of aliphatic hydroxyl groups is 1. The Morgan fingerprint density at radius 1 is 1.14 bits per heavy atom. The van der Waals surface area contributed by atoms with Crippen molar-refractivity contribution in [2.45, 2.75) is 19.4 Å². The molecule has 3 aromatic rings. The van der Waals surface area contributed by atoms with Crippen LogP contribution in [0.3, 0.4) is 0 Å². The number of aryl methyl sites for hydroxylation is 1. The van der Waals surface area contributed by atoms with Crippen molar-refractivity contribution >= 4 is 22.5 Å². The summed E-state index contributed by atoms with van der Waals surface area (Å²) in [5, 5.41) is 12.3. The van der Waals surface area contributed by atoms with Crippen molar-refractivity contribution in [3.05, 3.63) is 76.4 Å². The van der Waals surface area contributed by atoms with E-state index in [-0.39, 0.29) is 0 Å². The largest absolute Gasteiger partial charge is 0.388 e. The molecule has 0 radical (unpaired) electrons. The van der Waals surface area contributed by atoms with Crippen molar-refractivity contribution < 1.29 is 5.11 Å². The predicted octanol–water partition coefficient (Wildman–Crippen LogP) is 4.47. The lowest BCUT2D eigenvalue weighted by Crippen LogP contribution is -2.03. The molecule has 1 N–H and O–H groups in total. The third-order valence-corrected chi connectivity index (χ3v) is 4.14. The Morgan fingerprint density at radius 2 is 1.95 bits per heavy atom. The number of aromatic nitrogens is 1. The summed E-state index contributed by atoms with van der Waals surface area (Å²) in [4.78, 5) is 4.35. The van der Waals surface area contributed by atoms with Gasteiger partial charge in [-0.15, -0.1) is 0 Å². The number of nitrogens with zero attached hydrogens (tertiary/aromatic N) is 1. The monoisotopic (exact) mass is 297 g/mol. The molecular weight excluding hydrogens is 282 g/mol. The van der Waals surface area contributed by atoms with E-state index in [4.69, 9.17) is 11.6 Å². The zero-order valence-corrected chi connectivity index (χ0v) is 12.5. The van der Waals surface area contributed by atoms with Gasteiger partial charge in [0, 0.05) is 23.0 Å². The van der Waals surface area contributed by atoms with E-state index in [2.05, 4.69) is 4.98 Å². The van der Waals surface area contributed by atoms with Crippen molar-refractivity contribution in [2.24, 2.45) is 0 Å². The summed E-state index contributed by atoms with van der Waals surface area (Å²) in [5.74, 6) is 0. The molecule has 0 spiro atoms. The predicted molar refractivity (Wildman–Crippen MR) is 86.6 cm³/mol. The molecule has 21 heavy (non-hydrogen) atoms. The van der Waals surface area contributed by atoms with Crippen LogP contribution in [0, 0.1) is 6.92 Å². The number of halogens is 1. The maximum Gasteiger partial charge on any atom is 0.0830 e. The van der Waals surface area contributed by atoms with Crippen LogP contribution in [0.5, 0.6) is 0 Å². The van der Waals surface area contributed by atoms with Gasteiger partial charge in [0.05, 0.1) is 11.6 Å². The Hall–Kier alpha value is -1.90. The van der Waals surface area contributed by atoms with Crippen LogP contribution < -0.4 is 0 Å². The van der Waals surface area contributed by atoms with Crippen molar-refractivity contribution in [3.8, 4) is 0 Å². The number of para-hydroxylation sites is 1. The van der Waals surface area contributed by atoms with Gasteiger partial charge in [-0.3, -0.25) is 4.98 Å². The highest BCUT2D eigenvalue weighted by Crippen LogP contribution is 2.26. The molecule has 2 nitrogen and oxygen atoms in total. The quantitative estimate of drug-likeness (QED) is 0.773. The fraction of sp³-hybridized carbons (Fsp3) is 0.167. The number of hydrogen-bond donors (Lipinski definition) is 1. The van der Waals surface area contributed by atoms with Crippen LogP contribution in [0.1, 0.15) is 22.8 Å². The normalized spacial score (nSPS) is 12.5. The van der Waals surface area contributed by atoms with Crippen molar-refractivity contribution in [2.75, 3.05) is 0 Å². The van der Waals surface area contributed by atoms with Crippen molar-refractivity contribution in [3.63, 3.8) is 0 Å². The molecule has 1 atom stereocenters. The number of rotatable bonds is 3. The number of fused-ring (bicyclic) bond motifs is 1. The van der Waals surface area contributed by atoms with Crippen molar-refractivity contribution in [1.29, 1.82) is 0 Å². The minimum absolute atomic E-state index is 0.549. The molecule has 0 aliphatic carbocycles. The molecule has 0 aliphatic heterocycles. The van der Waals surface area contributed by atoms with E-state index in [1.807, 2.05) is 55.5 Å². The molecule has 1 aromatic heterocycles. The van der Waals surface area contributed by atoms with Gasteiger partial charge in [-0.2, -0.15) is 0 Å². The first-order valence-corrected chi connectivity index (χ1v) is 7.29. The van der Waals surface area contributed by atoms with Gasteiger partial charge in [-0.1, -0.05) is 41.9 Å². The fourth-order valence-corrected chi connectivity index (χ4v) is 2.65. The molecule has 0 saturated heterocycles. The lowest BCUT2D eigenvalue weighted by atomic mass is 9.98. The van der Waals surface area contributed by atoms with E-state index >= 15 is 0 Å². The average Bonchev–Trinajstić information content (AvgIpc) is 2.50. The molecule has 106 valence electrons. The molecule has 3 rings (SSSR count). The summed E-state index contributed by atoms with van der Waals surface area (Å²) in [6.07, 6.45) is 1.80. The van der Waals surface area contributed by atoms with Crippen molar-refractivity contribution in [1.82, 2.24) is 4.98 Å². The van der Waals surface area contributed by atoms with Gasteiger partial charge in [-0.25, -0.2) is 0 Å². The van der Waals surface area contributed by atoms with E-state index in [0.717, 1.165) is 32.6 Å². The molecule has 0 amide bonds. The second kappa shape index (κ2) is 5.84. The van der Waals surface area contributed by atoms with Crippen LogP contribution >= 0.6 is 11.6 Å².